The van der Waals surface area contributed by atoms with Crippen LogP contribution in [0.25, 0.3) is 11.0 Å². The molecule has 1 saturated heterocycles. The van der Waals surface area contributed by atoms with Gasteiger partial charge in [-0.3, -0.25) is 4.79 Å². The number of morpholine rings is 1. The quantitative estimate of drug-likeness (QED) is 0.698. The number of benzene rings is 2. The third kappa shape index (κ3) is 3.95. The zero-order chi connectivity index (χ0) is 18.6. The Morgan fingerprint density at radius 3 is 2.78 bits per heavy atom. The van der Waals surface area contributed by atoms with Crippen LogP contribution in [0.15, 0.2) is 54.6 Å². The number of carbonyl (C=O) groups excluding carboxylic acids is 1. The van der Waals surface area contributed by atoms with Crippen LogP contribution in [0.2, 0.25) is 0 Å². The normalized spacial score (nSPS) is 17.2. The molecule has 4 rings (SSSR count). The molecule has 27 heavy (non-hydrogen) atoms. The highest BCUT2D eigenvalue weighted by atomic mass is 16.5. The molecule has 1 amide bonds. The summed E-state index contributed by atoms with van der Waals surface area (Å²) < 4.78 is 13.4. The number of imidazole rings is 1. The fraction of sp³-hybridized carbons (Fsp3) is 0.333. The molecular formula is C21H23N3O3. The van der Waals surface area contributed by atoms with Gasteiger partial charge >= 0.3 is 0 Å². The molecule has 1 aliphatic heterocycles. The van der Waals surface area contributed by atoms with Crippen LogP contribution in [-0.4, -0.2) is 46.2 Å². The maximum atomic E-state index is 12.9. The molecule has 1 unspecified atom stereocenters. The van der Waals surface area contributed by atoms with Crippen LogP contribution < -0.4 is 4.74 Å². The molecule has 140 valence electrons. The van der Waals surface area contributed by atoms with Gasteiger partial charge in [0.15, 0.2) is 0 Å². The van der Waals surface area contributed by atoms with Crippen LogP contribution in [0.5, 0.6) is 5.75 Å². The van der Waals surface area contributed by atoms with E-state index in [0.29, 0.717) is 26.3 Å². The van der Waals surface area contributed by atoms with Gasteiger partial charge in [0.25, 0.3) is 0 Å². The van der Waals surface area contributed by atoms with Crippen LogP contribution in [0.4, 0.5) is 0 Å². The summed E-state index contributed by atoms with van der Waals surface area (Å²) in [5, 5.41) is 0. The van der Waals surface area contributed by atoms with E-state index >= 15 is 0 Å². The average molecular weight is 365 g/mol. The summed E-state index contributed by atoms with van der Waals surface area (Å²) in [6, 6.07) is 17.5. The zero-order valence-corrected chi connectivity index (χ0v) is 15.4. The summed E-state index contributed by atoms with van der Waals surface area (Å²) in [4.78, 5) is 19.4. The number of hydrogen-bond acceptors (Lipinski definition) is 4. The Hall–Kier alpha value is -2.86. The molecule has 0 saturated carbocycles. The van der Waals surface area contributed by atoms with Crippen LogP contribution >= 0.6 is 0 Å². The van der Waals surface area contributed by atoms with Crippen LogP contribution in [0.3, 0.4) is 0 Å². The van der Waals surface area contributed by atoms with E-state index in [0.717, 1.165) is 22.6 Å². The molecule has 0 bridgehead atoms. The number of para-hydroxylation sites is 3. The summed E-state index contributed by atoms with van der Waals surface area (Å²) in [6.07, 6.45) is 0.0723. The van der Waals surface area contributed by atoms with Gasteiger partial charge in [-0.15, -0.1) is 0 Å². The number of fused-ring (bicyclic) bond motifs is 1. The van der Waals surface area contributed by atoms with Gasteiger partial charge < -0.3 is 18.9 Å². The molecule has 0 spiro atoms. The Kier molecular flexibility index (Phi) is 5.07. The zero-order valence-electron chi connectivity index (χ0n) is 15.4. The molecule has 0 radical (unpaired) electrons. The van der Waals surface area contributed by atoms with E-state index in [1.807, 2.05) is 71.0 Å². The van der Waals surface area contributed by atoms with E-state index in [2.05, 4.69) is 4.98 Å². The number of ether oxygens (including phenoxy) is 2. The first-order valence-electron chi connectivity index (χ1n) is 9.22. The van der Waals surface area contributed by atoms with Crippen LogP contribution in [-0.2, 0) is 22.7 Å². The molecule has 0 N–H and O–H groups in total. The van der Waals surface area contributed by atoms with Crippen molar-refractivity contribution in [1.29, 1.82) is 0 Å². The Bertz CT molecular complexity index is 923. The van der Waals surface area contributed by atoms with Crippen molar-refractivity contribution in [2.75, 3.05) is 19.7 Å². The SMILES string of the molecule is CC1CN(C(=O)Cn2c(COc3ccccc3)nc3ccccc32)CCO1. The number of rotatable bonds is 5. The maximum absolute atomic E-state index is 12.9. The van der Waals surface area contributed by atoms with Gasteiger partial charge in [-0.2, -0.15) is 0 Å². The summed E-state index contributed by atoms with van der Waals surface area (Å²) in [6.45, 7) is 4.39. The molecular weight excluding hydrogens is 342 g/mol. The van der Waals surface area contributed by atoms with Crippen molar-refractivity contribution < 1.29 is 14.3 Å². The third-order valence-corrected chi connectivity index (χ3v) is 4.73. The fourth-order valence-corrected chi connectivity index (χ4v) is 3.36. The lowest BCUT2D eigenvalue weighted by Crippen LogP contribution is -2.45. The Morgan fingerprint density at radius 2 is 1.96 bits per heavy atom. The van der Waals surface area contributed by atoms with Crippen LogP contribution in [0, 0.1) is 0 Å². The number of aromatic nitrogens is 2. The Morgan fingerprint density at radius 1 is 1.19 bits per heavy atom. The summed E-state index contributed by atoms with van der Waals surface area (Å²) in [7, 11) is 0. The van der Waals surface area contributed by atoms with Gasteiger partial charge in [0, 0.05) is 13.1 Å². The summed E-state index contributed by atoms with van der Waals surface area (Å²) in [5.74, 6) is 1.61. The van der Waals surface area contributed by atoms with Gasteiger partial charge in [-0.1, -0.05) is 30.3 Å². The topological polar surface area (TPSA) is 56.6 Å². The lowest BCUT2D eigenvalue weighted by atomic mass is 10.3. The number of amides is 1. The molecule has 1 atom stereocenters. The second-order valence-corrected chi connectivity index (χ2v) is 6.73. The molecule has 3 aromatic rings. The lowest BCUT2D eigenvalue weighted by molar-refractivity contribution is -0.138. The minimum atomic E-state index is 0.0723. The lowest BCUT2D eigenvalue weighted by Gasteiger charge is -2.31. The maximum Gasteiger partial charge on any atom is 0.242 e. The highest BCUT2D eigenvalue weighted by molar-refractivity contribution is 5.81. The van der Waals surface area contributed by atoms with Crippen molar-refractivity contribution >= 4 is 16.9 Å². The molecule has 1 fully saturated rings. The van der Waals surface area contributed by atoms with Crippen LogP contribution in [0.1, 0.15) is 12.7 Å². The van der Waals surface area contributed by atoms with E-state index in [4.69, 9.17) is 9.47 Å². The molecule has 2 aromatic carbocycles. The first-order valence-corrected chi connectivity index (χ1v) is 9.22. The van der Waals surface area contributed by atoms with Crippen molar-refractivity contribution in [3.8, 4) is 5.75 Å². The van der Waals surface area contributed by atoms with Crippen molar-refractivity contribution in [2.45, 2.75) is 26.2 Å². The minimum absolute atomic E-state index is 0.0723. The van der Waals surface area contributed by atoms with E-state index in [1.165, 1.54) is 0 Å². The van der Waals surface area contributed by atoms with Gasteiger partial charge in [-0.05, 0) is 31.2 Å². The van der Waals surface area contributed by atoms with E-state index in [-0.39, 0.29) is 18.6 Å². The fourth-order valence-electron chi connectivity index (χ4n) is 3.36. The van der Waals surface area contributed by atoms with Crippen molar-refractivity contribution in [1.82, 2.24) is 14.5 Å². The summed E-state index contributed by atoms with van der Waals surface area (Å²) in [5.41, 5.74) is 1.81. The predicted octanol–water partition coefficient (Wildman–Crippen LogP) is 2.86. The van der Waals surface area contributed by atoms with E-state index < -0.39 is 0 Å². The van der Waals surface area contributed by atoms with Crippen molar-refractivity contribution in [3.05, 3.63) is 60.4 Å². The molecule has 1 aliphatic rings. The standard InChI is InChI=1S/C21H23N3O3/c1-16-13-23(11-12-26-16)21(25)14-24-19-10-6-5-9-18(19)22-20(24)15-27-17-7-3-2-4-8-17/h2-10,16H,11-15H2,1H3. The monoisotopic (exact) mass is 365 g/mol. The van der Waals surface area contributed by atoms with Gasteiger partial charge in [0.1, 0.15) is 24.7 Å². The molecule has 1 aromatic heterocycles. The molecule has 0 aliphatic carbocycles. The Balaban J connectivity index is 1.57. The number of hydrogen-bond donors (Lipinski definition) is 0. The van der Waals surface area contributed by atoms with E-state index in [9.17, 15) is 4.79 Å². The Labute approximate surface area is 158 Å². The summed E-state index contributed by atoms with van der Waals surface area (Å²) >= 11 is 0. The predicted molar refractivity (Wildman–Crippen MR) is 103 cm³/mol. The van der Waals surface area contributed by atoms with Gasteiger partial charge in [-0.25, -0.2) is 4.98 Å². The first-order chi connectivity index (χ1) is 13.2. The second-order valence-electron chi connectivity index (χ2n) is 6.73. The number of nitrogens with zero attached hydrogens (tertiary/aromatic N) is 3. The minimum Gasteiger partial charge on any atom is -0.486 e. The molecule has 6 heteroatoms. The van der Waals surface area contributed by atoms with Crippen molar-refractivity contribution in [3.63, 3.8) is 0 Å². The van der Waals surface area contributed by atoms with Crippen molar-refractivity contribution in [2.24, 2.45) is 0 Å². The third-order valence-electron chi connectivity index (χ3n) is 4.73. The highest BCUT2D eigenvalue weighted by Crippen LogP contribution is 2.19. The molecule has 2 heterocycles. The second kappa shape index (κ2) is 7.80. The van der Waals surface area contributed by atoms with Gasteiger partial charge in [0.05, 0.1) is 23.7 Å². The smallest absolute Gasteiger partial charge is 0.242 e. The first kappa shape index (κ1) is 17.5. The van der Waals surface area contributed by atoms with E-state index in [1.54, 1.807) is 0 Å². The number of carbonyl (C=O) groups is 1. The highest BCUT2D eigenvalue weighted by Gasteiger charge is 2.23. The average Bonchev–Trinajstić information content (AvgIpc) is 3.05. The molecule has 6 nitrogen and oxygen atoms in total. The van der Waals surface area contributed by atoms with Gasteiger partial charge in [0.2, 0.25) is 5.91 Å². The largest absolute Gasteiger partial charge is 0.486 e.